The van der Waals surface area contributed by atoms with Gasteiger partial charge in [0.05, 0.1) is 18.7 Å². The van der Waals surface area contributed by atoms with Crippen LogP contribution in [0.3, 0.4) is 0 Å². The van der Waals surface area contributed by atoms with Crippen molar-refractivity contribution >= 4 is 11.7 Å². The molecule has 1 aliphatic heterocycles. The summed E-state index contributed by atoms with van der Waals surface area (Å²) in [5.41, 5.74) is -0.183. The zero-order chi connectivity index (χ0) is 22.6. The molecule has 0 aromatic heterocycles. The molecule has 0 unspecified atom stereocenters. The van der Waals surface area contributed by atoms with Gasteiger partial charge in [0.1, 0.15) is 17.2 Å². The van der Waals surface area contributed by atoms with Gasteiger partial charge in [0.2, 0.25) is 5.69 Å². The van der Waals surface area contributed by atoms with E-state index in [0.717, 1.165) is 32.0 Å². The lowest BCUT2D eigenvalue weighted by molar-refractivity contribution is 0.0691. The van der Waals surface area contributed by atoms with E-state index in [0.29, 0.717) is 41.6 Å². The minimum absolute atomic E-state index is 0.317. The molecular formula is C24H26F2N2O3. The maximum atomic E-state index is 14.0. The molecule has 0 atom stereocenters. The molecule has 164 valence electrons. The van der Waals surface area contributed by atoms with Crippen LogP contribution in [0.5, 0.6) is 5.75 Å². The van der Waals surface area contributed by atoms with Crippen molar-refractivity contribution in [3.05, 3.63) is 59.2 Å². The molecule has 1 aliphatic rings. The Morgan fingerprint density at radius 2 is 1.87 bits per heavy atom. The number of alkyl halides is 1. The lowest BCUT2D eigenvalue weighted by Gasteiger charge is -2.34. The highest BCUT2D eigenvalue weighted by Crippen LogP contribution is 2.34. The van der Waals surface area contributed by atoms with E-state index in [2.05, 4.69) is 9.74 Å². The van der Waals surface area contributed by atoms with Crippen LogP contribution in [0.25, 0.3) is 16.0 Å². The van der Waals surface area contributed by atoms with Gasteiger partial charge in [-0.1, -0.05) is 12.1 Å². The summed E-state index contributed by atoms with van der Waals surface area (Å²) in [7, 11) is 0. The Kier molecular flexibility index (Phi) is 6.91. The van der Waals surface area contributed by atoms with E-state index in [4.69, 9.17) is 16.4 Å². The Balaban J connectivity index is 1.63. The van der Waals surface area contributed by atoms with Gasteiger partial charge in [-0.05, 0) is 81.1 Å². The molecule has 31 heavy (non-hydrogen) atoms. The monoisotopic (exact) mass is 428 g/mol. The summed E-state index contributed by atoms with van der Waals surface area (Å²) in [5, 5.41) is 8.96. The number of rotatable bonds is 7. The number of carboxylic acid groups (broad SMARTS) is 1. The molecule has 1 saturated heterocycles. The van der Waals surface area contributed by atoms with Gasteiger partial charge < -0.3 is 14.7 Å². The molecule has 0 bridgehead atoms. The molecule has 5 nitrogen and oxygen atoms in total. The van der Waals surface area contributed by atoms with Crippen molar-refractivity contribution in [1.82, 2.24) is 4.90 Å². The number of benzene rings is 2. The molecule has 3 rings (SSSR count). The number of nitrogens with zero attached hydrogens (tertiary/aromatic N) is 2. The Bertz CT molecular complexity index is 987. The number of hydrogen-bond acceptors (Lipinski definition) is 3. The Morgan fingerprint density at radius 3 is 2.45 bits per heavy atom. The van der Waals surface area contributed by atoms with Crippen LogP contribution >= 0.6 is 0 Å². The minimum atomic E-state index is -1.33. The highest BCUT2D eigenvalue weighted by molar-refractivity contribution is 5.88. The fourth-order valence-corrected chi connectivity index (χ4v) is 3.83. The Labute approximate surface area is 181 Å². The fraction of sp³-hybridized carbons (Fsp3) is 0.417. The first-order valence-electron chi connectivity index (χ1n) is 10.2. The van der Waals surface area contributed by atoms with E-state index in [1.807, 2.05) is 0 Å². The molecule has 7 heteroatoms. The molecule has 1 fully saturated rings. The number of piperidine rings is 1. The van der Waals surface area contributed by atoms with Crippen LogP contribution in [0, 0.1) is 18.3 Å². The summed E-state index contributed by atoms with van der Waals surface area (Å²) in [6.45, 7) is 13.2. The number of halogens is 2. The van der Waals surface area contributed by atoms with Gasteiger partial charge in [-0.2, -0.15) is 0 Å². The maximum absolute atomic E-state index is 14.0. The van der Waals surface area contributed by atoms with Gasteiger partial charge in [-0.3, -0.25) is 0 Å². The van der Waals surface area contributed by atoms with Crippen LogP contribution in [0.4, 0.5) is 14.5 Å². The predicted molar refractivity (Wildman–Crippen MR) is 115 cm³/mol. The summed E-state index contributed by atoms with van der Waals surface area (Å²) >= 11 is 0. The molecular weight excluding hydrogens is 402 g/mol. The van der Waals surface area contributed by atoms with Crippen molar-refractivity contribution in [1.29, 1.82) is 0 Å². The highest BCUT2D eigenvalue weighted by Gasteiger charge is 2.25. The Morgan fingerprint density at radius 1 is 1.23 bits per heavy atom. The second kappa shape index (κ2) is 9.44. The Hall–Kier alpha value is -2.98. The number of aromatic carboxylic acids is 1. The zero-order valence-corrected chi connectivity index (χ0v) is 17.7. The van der Waals surface area contributed by atoms with Crippen molar-refractivity contribution < 1.29 is 23.4 Å². The second-order valence-corrected chi connectivity index (χ2v) is 8.54. The number of likely N-dealkylation sites (tertiary alicyclic amines) is 1. The zero-order valence-electron chi connectivity index (χ0n) is 17.7. The number of ether oxygens (including phenoxy) is 1. The average Bonchev–Trinajstić information content (AvgIpc) is 2.71. The topological polar surface area (TPSA) is 54.1 Å². The standard InChI is InChI=1S/C24H26F2N2O3/c1-24(2,26)15-28-10-8-16(9-11-28)14-31-22-7-5-18(13-21(22)27-3)17-4-6-19(23(29)30)20(25)12-17/h4-7,12-13,16H,8-11,14-15H2,1-2H3,(H,29,30). The van der Waals surface area contributed by atoms with Crippen molar-refractivity contribution in [3.63, 3.8) is 0 Å². The third-order valence-electron chi connectivity index (χ3n) is 5.39. The van der Waals surface area contributed by atoms with Crippen LogP contribution in [-0.4, -0.2) is 47.9 Å². The lowest BCUT2D eigenvalue weighted by atomic mass is 9.96. The van der Waals surface area contributed by atoms with E-state index in [9.17, 15) is 13.6 Å². The fourth-order valence-electron chi connectivity index (χ4n) is 3.83. The summed E-state index contributed by atoms with van der Waals surface area (Å²) < 4.78 is 33.7. The van der Waals surface area contributed by atoms with Crippen molar-refractivity contribution in [2.24, 2.45) is 5.92 Å². The van der Waals surface area contributed by atoms with E-state index in [1.54, 1.807) is 32.0 Å². The van der Waals surface area contributed by atoms with Crippen LogP contribution in [0.2, 0.25) is 0 Å². The van der Waals surface area contributed by atoms with Gasteiger partial charge in [-0.25, -0.2) is 18.4 Å². The van der Waals surface area contributed by atoms with Crippen LogP contribution in [-0.2, 0) is 0 Å². The number of carbonyl (C=O) groups is 1. The van der Waals surface area contributed by atoms with Gasteiger partial charge in [-0.15, -0.1) is 0 Å². The maximum Gasteiger partial charge on any atom is 0.338 e. The van der Waals surface area contributed by atoms with Crippen LogP contribution in [0.1, 0.15) is 37.0 Å². The third kappa shape index (κ3) is 6.02. The highest BCUT2D eigenvalue weighted by atomic mass is 19.1. The van der Waals surface area contributed by atoms with Crippen LogP contribution < -0.4 is 4.74 Å². The lowest BCUT2D eigenvalue weighted by Crippen LogP contribution is -2.41. The van der Waals surface area contributed by atoms with E-state index >= 15 is 0 Å². The van der Waals surface area contributed by atoms with Gasteiger partial charge in [0, 0.05) is 6.54 Å². The summed E-state index contributed by atoms with van der Waals surface area (Å²) in [4.78, 5) is 16.6. The molecule has 0 amide bonds. The molecule has 0 radical (unpaired) electrons. The summed E-state index contributed by atoms with van der Waals surface area (Å²) in [6, 6.07) is 8.91. The molecule has 1 N–H and O–H groups in total. The van der Waals surface area contributed by atoms with Gasteiger partial charge >= 0.3 is 5.97 Å². The molecule has 0 saturated carbocycles. The first-order valence-corrected chi connectivity index (χ1v) is 10.2. The quantitative estimate of drug-likeness (QED) is 0.585. The molecule has 0 aliphatic carbocycles. The van der Waals surface area contributed by atoms with Gasteiger partial charge in [0.25, 0.3) is 0 Å². The summed E-state index contributed by atoms with van der Waals surface area (Å²) in [6.07, 6.45) is 1.83. The van der Waals surface area contributed by atoms with E-state index in [1.165, 1.54) is 12.1 Å². The second-order valence-electron chi connectivity index (χ2n) is 8.54. The molecule has 2 aromatic carbocycles. The van der Waals surface area contributed by atoms with Crippen molar-refractivity contribution in [2.75, 3.05) is 26.2 Å². The third-order valence-corrected chi connectivity index (χ3v) is 5.39. The first-order chi connectivity index (χ1) is 14.7. The van der Waals surface area contributed by atoms with Gasteiger partial charge in [0.15, 0.2) is 0 Å². The minimum Gasteiger partial charge on any atom is -0.504 e. The molecule has 2 aromatic rings. The normalized spacial score (nSPS) is 15.5. The molecule has 1 heterocycles. The van der Waals surface area contributed by atoms with Crippen molar-refractivity contribution in [2.45, 2.75) is 32.4 Å². The van der Waals surface area contributed by atoms with Crippen molar-refractivity contribution in [3.8, 4) is 16.9 Å². The van der Waals surface area contributed by atoms with Crippen LogP contribution in [0.15, 0.2) is 36.4 Å². The predicted octanol–water partition coefficient (Wildman–Crippen LogP) is 5.58. The SMILES string of the molecule is [C-]#[N+]c1cc(-c2ccc(C(=O)O)c(F)c2)ccc1OCC1CCN(CC(C)(C)F)CC1. The first kappa shape index (κ1) is 22.7. The average molecular weight is 428 g/mol. The number of carboxylic acids is 1. The number of hydrogen-bond donors (Lipinski definition) is 1. The summed E-state index contributed by atoms with van der Waals surface area (Å²) in [5.74, 6) is -1.34. The smallest absolute Gasteiger partial charge is 0.338 e. The molecule has 0 spiro atoms. The van der Waals surface area contributed by atoms with E-state index in [-0.39, 0.29) is 0 Å². The van der Waals surface area contributed by atoms with E-state index < -0.39 is 23.0 Å². The largest absolute Gasteiger partial charge is 0.504 e.